The van der Waals surface area contributed by atoms with Crippen LogP contribution in [0.15, 0.2) is 41.7 Å². The summed E-state index contributed by atoms with van der Waals surface area (Å²) >= 11 is 0. The van der Waals surface area contributed by atoms with Crippen molar-refractivity contribution in [2.45, 2.75) is 43.4 Å². The third-order valence-electron chi connectivity index (χ3n) is 4.11. The molecule has 4 nitrogen and oxygen atoms in total. The largest absolute Gasteiger partial charge is 0.372 e. The van der Waals surface area contributed by atoms with Gasteiger partial charge in [0.25, 0.3) is 0 Å². The predicted molar refractivity (Wildman–Crippen MR) is 90.5 cm³/mol. The SMILES string of the molecule is CCCn1cncc1CS(=O)c1ccc(N2CCCC2)cc1. The summed E-state index contributed by atoms with van der Waals surface area (Å²) in [5, 5.41) is 0. The van der Waals surface area contributed by atoms with E-state index in [4.69, 9.17) is 0 Å². The van der Waals surface area contributed by atoms with E-state index < -0.39 is 10.8 Å². The second-order valence-electron chi connectivity index (χ2n) is 5.76. The number of aryl methyl sites for hydroxylation is 1. The van der Waals surface area contributed by atoms with Crippen LogP contribution in [-0.2, 0) is 23.1 Å². The van der Waals surface area contributed by atoms with E-state index in [2.05, 4.69) is 33.5 Å². The van der Waals surface area contributed by atoms with Crippen molar-refractivity contribution < 1.29 is 4.21 Å². The molecule has 1 unspecified atom stereocenters. The maximum atomic E-state index is 12.6. The summed E-state index contributed by atoms with van der Waals surface area (Å²) in [5.41, 5.74) is 2.29. The molecule has 1 aromatic carbocycles. The van der Waals surface area contributed by atoms with Gasteiger partial charge >= 0.3 is 0 Å². The third-order valence-corrected chi connectivity index (χ3v) is 5.47. The molecule has 1 aliphatic rings. The summed E-state index contributed by atoms with van der Waals surface area (Å²) in [4.78, 5) is 7.46. The van der Waals surface area contributed by atoms with Gasteiger partial charge in [0, 0.05) is 36.4 Å². The zero-order valence-electron chi connectivity index (χ0n) is 13.1. The highest BCUT2D eigenvalue weighted by molar-refractivity contribution is 7.84. The minimum atomic E-state index is -1.02. The van der Waals surface area contributed by atoms with Crippen molar-refractivity contribution in [2.24, 2.45) is 0 Å². The minimum absolute atomic E-state index is 0.531. The molecule has 118 valence electrons. The van der Waals surface area contributed by atoms with Crippen molar-refractivity contribution in [1.29, 1.82) is 0 Å². The Morgan fingerprint density at radius 2 is 1.91 bits per heavy atom. The number of benzene rings is 1. The van der Waals surface area contributed by atoms with E-state index in [1.807, 2.05) is 24.7 Å². The molecular weight excluding hydrogens is 294 g/mol. The van der Waals surface area contributed by atoms with Crippen molar-refractivity contribution in [3.05, 3.63) is 42.5 Å². The molecule has 1 fully saturated rings. The standard InChI is InChI=1S/C17H23N3OS/c1-2-9-20-14-18-12-16(20)13-22(21)17-7-5-15(6-8-17)19-10-3-4-11-19/h5-8,12,14H,2-4,9-11,13H2,1H3. The van der Waals surface area contributed by atoms with E-state index in [0.717, 1.165) is 36.6 Å². The first-order valence-electron chi connectivity index (χ1n) is 8.00. The molecule has 22 heavy (non-hydrogen) atoms. The zero-order chi connectivity index (χ0) is 15.4. The first kappa shape index (κ1) is 15.3. The van der Waals surface area contributed by atoms with E-state index in [1.54, 1.807) is 0 Å². The molecule has 2 heterocycles. The van der Waals surface area contributed by atoms with Crippen molar-refractivity contribution in [3.63, 3.8) is 0 Å². The fraction of sp³-hybridized carbons (Fsp3) is 0.471. The van der Waals surface area contributed by atoms with Gasteiger partial charge in [-0.3, -0.25) is 4.21 Å². The van der Waals surface area contributed by atoms with Crippen LogP contribution >= 0.6 is 0 Å². The van der Waals surface area contributed by atoms with Gasteiger partial charge in [0.2, 0.25) is 0 Å². The molecule has 0 saturated carbocycles. The van der Waals surface area contributed by atoms with Crippen LogP contribution in [-0.4, -0.2) is 26.8 Å². The second-order valence-corrected chi connectivity index (χ2v) is 7.21. The molecule has 0 spiro atoms. The van der Waals surface area contributed by atoms with Crippen LogP contribution in [0.1, 0.15) is 31.9 Å². The number of hydrogen-bond acceptors (Lipinski definition) is 3. The van der Waals surface area contributed by atoms with Crippen LogP contribution in [0.3, 0.4) is 0 Å². The average Bonchev–Trinajstić information content (AvgIpc) is 3.20. The molecule has 3 rings (SSSR count). The van der Waals surface area contributed by atoms with Gasteiger partial charge < -0.3 is 9.47 Å². The summed E-state index contributed by atoms with van der Waals surface area (Å²) in [6.45, 7) is 5.34. The lowest BCUT2D eigenvalue weighted by atomic mass is 10.3. The van der Waals surface area contributed by atoms with Gasteiger partial charge in [0.05, 0.1) is 28.6 Å². The molecular formula is C17H23N3OS. The zero-order valence-corrected chi connectivity index (χ0v) is 13.9. The van der Waals surface area contributed by atoms with Gasteiger partial charge in [0.15, 0.2) is 0 Å². The van der Waals surface area contributed by atoms with E-state index >= 15 is 0 Å². The Kier molecular flexibility index (Phi) is 4.93. The lowest BCUT2D eigenvalue weighted by Gasteiger charge is -2.17. The molecule has 1 aromatic heterocycles. The third kappa shape index (κ3) is 3.40. The van der Waals surface area contributed by atoms with Crippen LogP contribution in [0.5, 0.6) is 0 Å². The molecule has 0 N–H and O–H groups in total. The highest BCUT2D eigenvalue weighted by atomic mass is 32.2. The first-order valence-corrected chi connectivity index (χ1v) is 9.32. The van der Waals surface area contributed by atoms with Crippen molar-refractivity contribution >= 4 is 16.5 Å². The maximum absolute atomic E-state index is 12.6. The first-order chi connectivity index (χ1) is 10.8. The number of imidazole rings is 1. The van der Waals surface area contributed by atoms with Gasteiger partial charge in [-0.25, -0.2) is 4.98 Å². The number of rotatable bonds is 6. The molecule has 0 bridgehead atoms. The Labute approximate surface area is 134 Å². The topological polar surface area (TPSA) is 38.1 Å². The molecule has 5 heteroatoms. The Bertz CT molecular complexity index is 630. The van der Waals surface area contributed by atoms with Gasteiger partial charge in [-0.1, -0.05) is 6.92 Å². The lowest BCUT2D eigenvalue weighted by Crippen LogP contribution is -2.17. The van der Waals surface area contributed by atoms with Crippen LogP contribution in [0, 0.1) is 0 Å². The Balaban J connectivity index is 1.68. The number of anilines is 1. The van der Waals surface area contributed by atoms with E-state index in [0.29, 0.717) is 5.75 Å². The van der Waals surface area contributed by atoms with Crippen LogP contribution < -0.4 is 4.90 Å². The van der Waals surface area contributed by atoms with E-state index in [-0.39, 0.29) is 0 Å². The van der Waals surface area contributed by atoms with Crippen LogP contribution in [0.4, 0.5) is 5.69 Å². The number of nitrogens with zero attached hydrogens (tertiary/aromatic N) is 3. The number of aromatic nitrogens is 2. The Morgan fingerprint density at radius 3 is 2.59 bits per heavy atom. The lowest BCUT2D eigenvalue weighted by molar-refractivity contribution is 0.652. The quantitative estimate of drug-likeness (QED) is 0.821. The van der Waals surface area contributed by atoms with Gasteiger partial charge in [-0.2, -0.15) is 0 Å². The fourth-order valence-electron chi connectivity index (χ4n) is 2.91. The average molecular weight is 317 g/mol. The molecule has 2 aromatic rings. The minimum Gasteiger partial charge on any atom is -0.372 e. The Morgan fingerprint density at radius 1 is 1.18 bits per heavy atom. The van der Waals surface area contributed by atoms with Crippen molar-refractivity contribution in [3.8, 4) is 0 Å². The van der Waals surface area contributed by atoms with Crippen molar-refractivity contribution in [2.75, 3.05) is 18.0 Å². The summed E-state index contributed by atoms with van der Waals surface area (Å²) in [5.74, 6) is 0.531. The summed E-state index contributed by atoms with van der Waals surface area (Å²) in [6, 6.07) is 8.21. The normalized spacial score (nSPS) is 16.1. The number of hydrogen-bond donors (Lipinski definition) is 0. The second kappa shape index (κ2) is 7.09. The molecule has 0 radical (unpaired) electrons. The molecule has 1 saturated heterocycles. The van der Waals surface area contributed by atoms with Gasteiger partial charge in [-0.15, -0.1) is 0 Å². The molecule has 1 atom stereocenters. The smallest absolute Gasteiger partial charge is 0.0948 e. The van der Waals surface area contributed by atoms with Gasteiger partial charge in [-0.05, 0) is 43.5 Å². The predicted octanol–water partition coefficient (Wildman–Crippen LogP) is 3.20. The monoisotopic (exact) mass is 317 g/mol. The summed E-state index contributed by atoms with van der Waals surface area (Å²) in [6.07, 6.45) is 7.25. The molecule has 0 amide bonds. The Hall–Kier alpha value is -1.62. The van der Waals surface area contributed by atoms with Gasteiger partial charge in [0.1, 0.15) is 0 Å². The van der Waals surface area contributed by atoms with Crippen LogP contribution in [0.25, 0.3) is 0 Å². The fourth-order valence-corrected chi connectivity index (χ4v) is 4.03. The molecule has 1 aliphatic heterocycles. The summed E-state index contributed by atoms with van der Waals surface area (Å²) in [7, 11) is -1.02. The summed E-state index contributed by atoms with van der Waals surface area (Å²) < 4.78 is 14.7. The van der Waals surface area contributed by atoms with Crippen LogP contribution in [0.2, 0.25) is 0 Å². The van der Waals surface area contributed by atoms with E-state index in [9.17, 15) is 4.21 Å². The molecule has 0 aliphatic carbocycles. The highest BCUT2D eigenvalue weighted by Gasteiger charge is 2.13. The maximum Gasteiger partial charge on any atom is 0.0948 e. The van der Waals surface area contributed by atoms with E-state index in [1.165, 1.54) is 18.5 Å². The van der Waals surface area contributed by atoms with Crippen molar-refractivity contribution in [1.82, 2.24) is 9.55 Å². The highest BCUT2D eigenvalue weighted by Crippen LogP contribution is 2.22.